The maximum atomic E-state index is 9.83. The molecule has 20 heavy (non-hydrogen) atoms. The average molecular weight is 281 g/mol. The summed E-state index contributed by atoms with van der Waals surface area (Å²) in [5.41, 5.74) is 0.569. The van der Waals surface area contributed by atoms with Crippen molar-refractivity contribution in [1.82, 2.24) is 5.32 Å². The quantitative estimate of drug-likeness (QED) is 0.705. The van der Waals surface area contributed by atoms with E-state index in [0.717, 1.165) is 30.8 Å². The smallest absolute Gasteiger partial charge is 0.167 e. The van der Waals surface area contributed by atoms with Crippen molar-refractivity contribution in [2.45, 2.75) is 71.1 Å². The van der Waals surface area contributed by atoms with Crippen LogP contribution in [0.15, 0.2) is 0 Å². The molecule has 4 aliphatic rings. The number of hydrogen-bond donors (Lipinski definition) is 2. The minimum Gasteiger partial charge on any atom is -0.367 e. The summed E-state index contributed by atoms with van der Waals surface area (Å²) in [6.07, 6.45) is 9.32. The van der Waals surface area contributed by atoms with Crippen LogP contribution in [0.25, 0.3) is 0 Å². The van der Waals surface area contributed by atoms with Crippen molar-refractivity contribution >= 4 is 0 Å². The van der Waals surface area contributed by atoms with E-state index in [9.17, 15) is 5.11 Å². The maximum absolute atomic E-state index is 9.83. The highest BCUT2D eigenvalue weighted by Crippen LogP contribution is 2.61. The highest BCUT2D eigenvalue weighted by atomic mass is 16.6. The second kappa shape index (κ2) is 5.94. The van der Waals surface area contributed by atoms with E-state index in [1.807, 2.05) is 0 Å². The summed E-state index contributed by atoms with van der Waals surface area (Å²) in [6, 6.07) is 0.399. The zero-order valence-electron chi connectivity index (χ0n) is 13.1. The van der Waals surface area contributed by atoms with Gasteiger partial charge in [-0.3, -0.25) is 0 Å². The summed E-state index contributed by atoms with van der Waals surface area (Å²) in [4.78, 5) is 0. The van der Waals surface area contributed by atoms with Gasteiger partial charge in [0.1, 0.15) is 0 Å². The molecule has 0 aliphatic heterocycles. The van der Waals surface area contributed by atoms with Crippen LogP contribution in [0, 0.1) is 23.2 Å². The molecule has 4 saturated carbocycles. The molecule has 0 aromatic rings. The Kier molecular flexibility index (Phi) is 4.40. The fourth-order valence-electron chi connectivity index (χ4n) is 5.40. The van der Waals surface area contributed by atoms with Gasteiger partial charge in [-0.25, -0.2) is 0 Å². The molecular weight excluding hydrogens is 250 g/mol. The van der Waals surface area contributed by atoms with Crippen LogP contribution in [0.2, 0.25) is 0 Å². The van der Waals surface area contributed by atoms with Gasteiger partial charge < -0.3 is 15.2 Å². The normalized spacial score (nSPS) is 40.5. The molecule has 0 unspecified atom stereocenters. The largest absolute Gasteiger partial charge is 0.367 e. The molecule has 0 radical (unpaired) electrons. The van der Waals surface area contributed by atoms with Gasteiger partial charge in [0.15, 0.2) is 6.29 Å². The molecule has 2 N–H and O–H groups in total. The number of ether oxygens (including phenoxy) is 1. The Labute approximate surface area is 123 Å². The molecule has 4 aliphatic carbocycles. The summed E-state index contributed by atoms with van der Waals surface area (Å²) in [6.45, 7) is 5.44. The van der Waals surface area contributed by atoms with E-state index in [0.29, 0.717) is 18.0 Å². The molecule has 4 rings (SSSR count). The first-order valence-electron chi connectivity index (χ1n) is 8.58. The van der Waals surface area contributed by atoms with Gasteiger partial charge in [0.2, 0.25) is 0 Å². The second-order valence-electron chi connectivity index (χ2n) is 8.06. The molecule has 0 amide bonds. The molecule has 3 nitrogen and oxygen atoms in total. The molecule has 3 heteroatoms. The Balaban J connectivity index is 1.42. The SMILES string of the molecule is CC(C)NC[C@@H](O)OCCC12CC3CC(CC(C3)C1)C2. The lowest BCUT2D eigenvalue weighted by Crippen LogP contribution is -2.46. The van der Waals surface area contributed by atoms with E-state index in [2.05, 4.69) is 19.2 Å². The van der Waals surface area contributed by atoms with Crippen molar-refractivity contribution < 1.29 is 9.84 Å². The maximum Gasteiger partial charge on any atom is 0.167 e. The summed E-state index contributed by atoms with van der Waals surface area (Å²) in [5.74, 6) is 3.02. The molecule has 0 aromatic carbocycles. The lowest BCUT2D eigenvalue weighted by molar-refractivity contribution is -0.121. The standard InChI is InChI=1S/C17H31NO2/c1-12(2)18-11-16(19)20-4-3-17-8-13-5-14(9-17)7-15(6-13)10-17/h12-16,18-19H,3-11H2,1-2H3/t13?,14?,15?,16-,17?/m0/s1. The molecule has 0 saturated heterocycles. The number of aliphatic hydroxyl groups is 1. The van der Waals surface area contributed by atoms with Crippen LogP contribution in [-0.2, 0) is 4.74 Å². The van der Waals surface area contributed by atoms with Crippen LogP contribution >= 0.6 is 0 Å². The Hall–Kier alpha value is -0.120. The molecule has 116 valence electrons. The van der Waals surface area contributed by atoms with E-state index < -0.39 is 6.29 Å². The highest BCUT2D eigenvalue weighted by Gasteiger charge is 2.50. The number of nitrogens with one attached hydrogen (secondary N) is 1. The van der Waals surface area contributed by atoms with Gasteiger partial charge in [0.25, 0.3) is 0 Å². The number of aliphatic hydroxyl groups excluding tert-OH is 1. The van der Waals surface area contributed by atoms with Gasteiger partial charge in [-0.1, -0.05) is 13.8 Å². The van der Waals surface area contributed by atoms with Crippen LogP contribution < -0.4 is 5.32 Å². The fraction of sp³-hybridized carbons (Fsp3) is 1.00. The van der Waals surface area contributed by atoms with Crippen molar-refractivity contribution in [3.05, 3.63) is 0 Å². The minimum absolute atomic E-state index is 0.399. The van der Waals surface area contributed by atoms with Gasteiger partial charge in [-0.2, -0.15) is 0 Å². The van der Waals surface area contributed by atoms with Gasteiger partial charge in [-0.15, -0.1) is 0 Å². The first-order chi connectivity index (χ1) is 9.55. The van der Waals surface area contributed by atoms with Crippen molar-refractivity contribution in [2.75, 3.05) is 13.2 Å². The summed E-state index contributed by atoms with van der Waals surface area (Å²) in [7, 11) is 0. The van der Waals surface area contributed by atoms with Crippen LogP contribution in [-0.4, -0.2) is 30.6 Å². The van der Waals surface area contributed by atoms with E-state index >= 15 is 0 Å². The Morgan fingerprint density at radius 2 is 1.65 bits per heavy atom. The van der Waals surface area contributed by atoms with Gasteiger partial charge in [-0.05, 0) is 68.1 Å². The van der Waals surface area contributed by atoms with Gasteiger partial charge >= 0.3 is 0 Å². The van der Waals surface area contributed by atoms with Crippen molar-refractivity contribution in [1.29, 1.82) is 0 Å². The molecule has 4 bridgehead atoms. The lowest BCUT2D eigenvalue weighted by Gasteiger charge is -2.57. The van der Waals surface area contributed by atoms with Crippen LogP contribution in [0.3, 0.4) is 0 Å². The van der Waals surface area contributed by atoms with Crippen molar-refractivity contribution in [3.8, 4) is 0 Å². The van der Waals surface area contributed by atoms with Crippen LogP contribution in [0.4, 0.5) is 0 Å². The molecule has 4 fully saturated rings. The molecule has 0 spiro atoms. The molecule has 1 atom stereocenters. The lowest BCUT2D eigenvalue weighted by atomic mass is 9.49. The third-order valence-corrected chi connectivity index (χ3v) is 5.81. The van der Waals surface area contributed by atoms with E-state index in [-0.39, 0.29) is 0 Å². The Bertz CT molecular complexity index is 294. The van der Waals surface area contributed by atoms with Gasteiger partial charge in [0.05, 0.1) is 6.61 Å². The highest BCUT2D eigenvalue weighted by molar-refractivity contribution is 5.01. The fourth-order valence-corrected chi connectivity index (χ4v) is 5.40. The van der Waals surface area contributed by atoms with Crippen molar-refractivity contribution in [2.24, 2.45) is 23.2 Å². The predicted molar refractivity (Wildman–Crippen MR) is 80.3 cm³/mol. The first kappa shape index (κ1) is 14.8. The zero-order chi connectivity index (χ0) is 14.2. The topological polar surface area (TPSA) is 41.5 Å². The summed E-state index contributed by atoms with van der Waals surface area (Å²) < 4.78 is 5.62. The van der Waals surface area contributed by atoms with Crippen LogP contribution in [0.1, 0.15) is 58.8 Å². The van der Waals surface area contributed by atoms with E-state index in [1.54, 1.807) is 0 Å². The minimum atomic E-state index is -0.647. The molecular formula is C17H31NO2. The second-order valence-corrected chi connectivity index (χ2v) is 8.06. The Morgan fingerprint density at radius 3 is 2.15 bits per heavy atom. The predicted octanol–water partition coefficient (Wildman–Crippen LogP) is 2.93. The molecule has 0 heterocycles. The average Bonchev–Trinajstić information content (AvgIpc) is 2.34. The van der Waals surface area contributed by atoms with E-state index in [4.69, 9.17) is 4.74 Å². The third-order valence-electron chi connectivity index (χ3n) is 5.81. The van der Waals surface area contributed by atoms with Crippen LogP contribution in [0.5, 0.6) is 0 Å². The third kappa shape index (κ3) is 3.37. The monoisotopic (exact) mass is 281 g/mol. The number of rotatable bonds is 7. The van der Waals surface area contributed by atoms with Crippen molar-refractivity contribution in [3.63, 3.8) is 0 Å². The first-order valence-corrected chi connectivity index (χ1v) is 8.58. The molecule has 0 aromatic heterocycles. The zero-order valence-corrected chi connectivity index (χ0v) is 13.1. The summed E-state index contributed by atoms with van der Waals surface area (Å²) in [5, 5.41) is 13.0. The summed E-state index contributed by atoms with van der Waals surface area (Å²) >= 11 is 0. The number of hydrogen-bond acceptors (Lipinski definition) is 3. The van der Waals surface area contributed by atoms with E-state index in [1.165, 1.54) is 38.5 Å². The van der Waals surface area contributed by atoms with Gasteiger partial charge in [0, 0.05) is 12.6 Å². The Morgan fingerprint density at radius 1 is 1.10 bits per heavy atom.